The zero-order valence-corrected chi connectivity index (χ0v) is 13.1. The Morgan fingerprint density at radius 2 is 1.59 bits per heavy atom. The number of hydrogen-bond acceptors (Lipinski definition) is 4. The molecule has 1 saturated heterocycles. The summed E-state index contributed by atoms with van der Waals surface area (Å²) in [6.45, 7) is 6.23. The maximum atomic E-state index is 4.46. The van der Waals surface area contributed by atoms with Crippen molar-refractivity contribution in [3.8, 4) is 5.82 Å². The van der Waals surface area contributed by atoms with Gasteiger partial charge in [0, 0.05) is 18.8 Å². The van der Waals surface area contributed by atoms with Crippen LogP contribution in [0.2, 0.25) is 0 Å². The number of rotatable bonds is 2. The molecule has 0 bridgehead atoms. The Labute approximate surface area is 130 Å². The van der Waals surface area contributed by atoms with Crippen LogP contribution >= 0.6 is 0 Å². The molecule has 2 atom stereocenters. The van der Waals surface area contributed by atoms with Crippen LogP contribution in [0.15, 0.2) is 30.4 Å². The van der Waals surface area contributed by atoms with E-state index in [9.17, 15) is 0 Å². The molecule has 0 aromatic carbocycles. The first-order valence-corrected chi connectivity index (χ1v) is 7.98. The molecular weight excluding hydrogens is 274 g/mol. The van der Waals surface area contributed by atoms with E-state index in [1.807, 2.05) is 30.7 Å². The van der Waals surface area contributed by atoms with E-state index in [1.54, 1.807) is 0 Å². The highest BCUT2D eigenvalue weighted by Crippen LogP contribution is 2.34. The monoisotopic (exact) mass is 295 g/mol. The molecule has 0 amide bonds. The molecule has 1 fully saturated rings. The van der Waals surface area contributed by atoms with Gasteiger partial charge >= 0.3 is 0 Å². The summed E-state index contributed by atoms with van der Waals surface area (Å²) in [6, 6.07) is 6.14. The summed E-state index contributed by atoms with van der Waals surface area (Å²) in [4.78, 5) is 2.38. The largest absolute Gasteiger partial charge is 0.355 e. The Kier molecular flexibility index (Phi) is 3.21. The zero-order valence-electron chi connectivity index (χ0n) is 13.1. The lowest BCUT2D eigenvalue weighted by Crippen LogP contribution is -2.21. The molecule has 114 valence electrons. The lowest BCUT2D eigenvalue weighted by molar-refractivity contribution is 0.411. The van der Waals surface area contributed by atoms with Gasteiger partial charge in [0.05, 0.1) is 5.69 Å². The third kappa shape index (κ3) is 2.30. The van der Waals surface area contributed by atoms with E-state index in [1.165, 1.54) is 12.8 Å². The van der Waals surface area contributed by atoms with Crippen LogP contribution in [0, 0.1) is 25.7 Å². The predicted octanol–water partition coefficient (Wildman–Crippen LogP) is 2.68. The maximum absolute atomic E-state index is 4.46. The molecule has 2 unspecified atom stereocenters. The molecule has 5 nitrogen and oxygen atoms in total. The molecule has 1 aliphatic heterocycles. The first-order valence-electron chi connectivity index (χ1n) is 7.98. The van der Waals surface area contributed by atoms with Gasteiger partial charge in [-0.2, -0.15) is 5.10 Å². The fourth-order valence-electron chi connectivity index (χ4n) is 3.66. The summed E-state index contributed by atoms with van der Waals surface area (Å²) < 4.78 is 1.85. The highest BCUT2D eigenvalue weighted by molar-refractivity contribution is 5.42. The van der Waals surface area contributed by atoms with Crippen molar-refractivity contribution in [3.05, 3.63) is 41.7 Å². The summed E-state index contributed by atoms with van der Waals surface area (Å²) in [7, 11) is 0. The number of aryl methyl sites for hydroxylation is 2. The Hall–Kier alpha value is -2.17. The lowest BCUT2D eigenvalue weighted by Gasteiger charge is -2.17. The normalized spacial score (nSPS) is 23.8. The molecule has 5 heteroatoms. The minimum absolute atomic E-state index is 0.780. The van der Waals surface area contributed by atoms with Gasteiger partial charge in [-0.1, -0.05) is 12.2 Å². The van der Waals surface area contributed by atoms with Crippen LogP contribution in [-0.4, -0.2) is 33.1 Å². The quantitative estimate of drug-likeness (QED) is 0.799. The minimum Gasteiger partial charge on any atom is -0.355 e. The average molecular weight is 295 g/mol. The summed E-state index contributed by atoms with van der Waals surface area (Å²) in [5.41, 5.74) is 2.08. The molecule has 1 aliphatic carbocycles. The molecule has 22 heavy (non-hydrogen) atoms. The Balaban J connectivity index is 1.54. The lowest BCUT2D eigenvalue weighted by atomic mass is 9.86. The smallest absolute Gasteiger partial charge is 0.176 e. The van der Waals surface area contributed by atoms with Crippen LogP contribution in [0.25, 0.3) is 5.82 Å². The van der Waals surface area contributed by atoms with Crippen molar-refractivity contribution in [1.29, 1.82) is 0 Å². The zero-order chi connectivity index (χ0) is 15.1. The molecule has 0 radical (unpaired) electrons. The molecular formula is C17H21N5. The fraction of sp³-hybridized carbons (Fsp3) is 0.471. The van der Waals surface area contributed by atoms with E-state index in [-0.39, 0.29) is 0 Å². The summed E-state index contributed by atoms with van der Waals surface area (Å²) >= 11 is 0. The number of fused-ring (bicyclic) bond motifs is 1. The van der Waals surface area contributed by atoms with Crippen molar-refractivity contribution in [2.45, 2.75) is 26.7 Å². The highest BCUT2D eigenvalue weighted by atomic mass is 15.4. The van der Waals surface area contributed by atoms with Crippen LogP contribution in [0.4, 0.5) is 5.82 Å². The SMILES string of the molecule is Cc1cc(C)n(-c2ccc(N3CC4CC=CCC4C3)nn2)n1. The first kappa shape index (κ1) is 13.5. The van der Waals surface area contributed by atoms with E-state index in [4.69, 9.17) is 0 Å². The number of nitrogens with zero attached hydrogens (tertiary/aromatic N) is 5. The Bertz CT molecular complexity index is 684. The minimum atomic E-state index is 0.780. The Morgan fingerprint density at radius 3 is 2.14 bits per heavy atom. The number of hydrogen-bond donors (Lipinski definition) is 0. The van der Waals surface area contributed by atoms with E-state index in [0.29, 0.717) is 0 Å². The number of allylic oxidation sites excluding steroid dienone is 2. The van der Waals surface area contributed by atoms with Gasteiger partial charge in [-0.3, -0.25) is 0 Å². The van der Waals surface area contributed by atoms with Gasteiger partial charge in [-0.25, -0.2) is 4.68 Å². The predicted molar refractivity (Wildman–Crippen MR) is 86.2 cm³/mol. The highest BCUT2D eigenvalue weighted by Gasteiger charge is 2.33. The summed E-state index contributed by atoms with van der Waals surface area (Å²) in [5.74, 6) is 3.33. The second kappa shape index (κ2) is 5.23. The van der Waals surface area contributed by atoms with Gasteiger partial charge in [0.2, 0.25) is 0 Å². The first-order chi connectivity index (χ1) is 10.7. The average Bonchev–Trinajstić information content (AvgIpc) is 3.10. The third-order valence-electron chi connectivity index (χ3n) is 4.81. The van der Waals surface area contributed by atoms with E-state index < -0.39 is 0 Å². The van der Waals surface area contributed by atoms with Crippen LogP contribution < -0.4 is 4.90 Å². The van der Waals surface area contributed by atoms with Gasteiger partial charge in [-0.05, 0) is 56.7 Å². The molecule has 0 N–H and O–H groups in total. The fourth-order valence-corrected chi connectivity index (χ4v) is 3.66. The van der Waals surface area contributed by atoms with Crippen molar-refractivity contribution in [1.82, 2.24) is 20.0 Å². The second-order valence-electron chi connectivity index (χ2n) is 6.46. The van der Waals surface area contributed by atoms with Crippen molar-refractivity contribution in [2.24, 2.45) is 11.8 Å². The summed E-state index contributed by atoms with van der Waals surface area (Å²) in [6.07, 6.45) is 7.06. The van der Waals surface area contributed by atoms with Crippen molar-refractivity contribution >= 4 is 5.82 Å². The van der Waals surface area contributed by atoms with E-state index in [0.717, 1.165) is 47.9 Å². The van der Waals surface area contributed by atoms with E-state index >= 15 is 0 Å². The molecule has 3 heterocycles. The van der Waals surface area contributed by atoms with Crippen molar-refractivity contribution in [3.63, 3.8) is 0 Å². The third-order valence-corrected chi connectivity index (χ3v) is 4.81. The van der Waals surface area contributed by atoms with Crippen LogP contribution in [0.1, 0.15) is 24.2 Å². The molecule has 2 aromatic heterocycles. The molecule has 2 aromatic rings. The number of anilines is 1. The number of aromatic nitrogens is 4. The van der Waals surface area contributed by atoms with E-state index in [2.05, 4.69) is 38.4 Å². The summed E-state index contributed by atoms with van der Waals surface area (Å²) in [5, 5.41) is 13.3. The van der Waals surface area contributed by atoms with Crippen LogP contribution in [0.5, 0.6) is 0 Å². The van der Waals surface area contributed by atoms with Crippen LogP contribution in [-0.2, 0) is 0 Å². The van der Waals surface area contributed by atoms with Crippen LogP contribution in [0.3, 0.4) is 0 Å². The Morgan fingerprint density at radius 1 is 0.955 bits per heavy atom. The van der Waals surface area contributed by atoms with Crippen molar-refractivity contribution in [2.75, 3.05) is 18.0 Å². The van der Waals surface area contributed by atoms with Gasteiger partial charge in [-0.15, -0.1) is 10.2 Å². The molecule has 2 aliphatic rings. The van der Waals surface area contributed by atoms with Gasteiger partial charge in [0.15, 0.2) is 11.6 Å². The standard InChI is InChI=1S/C17H21N5/c1-12-9-13(2)22(20-12)17-8-7-16(18-19-17)21-10-14-5-3-4-6-15(14)11-21/h3-4,7-9,14-15H,5-6,10-11H2,1-2H3. The van der Waals surface area contributed by atoms with Gasteiger partial charge in [0.1, 0.15) is 0 Å². The second-order valence-corrected chi connectivity index (χ2v) is 6.46. The van der Waals surface area contributed by atoms with Gasteiger partial charge in [0.25, 0.3) is 0 Å². The molecule has 0 spiro atoms. The molecule has 4 rings (SSSR count). The molecule has 0 saturated carbocycles. The van der Waals surface area contributed by atoms with Crippen molar-refractivity contribution < 1.29 is 0 Å². The topological polar surface area (TPSA) is 46.8 Å². The van der Waals surface area contributed by atoms with Gasteiger partial charge < -0.3 is 4.90 Å². The maximum Gasteiger partial charge on any atom is 0.176 e.